The zero-order valence-electron chi connectivity index (χ0n) is 24.6. The number of phenolic OH excluding ortho intramolecular Hbond substituents is 1. The second kappa shape index (κ2) is 11.5. The standard InChI is InChI=1S/C31H30ClFN6O5S/c1-4-24(41)37-13-14-38(17(2)16-37)28-20-15-22(33)26(25-21(32)9-6-10-23(25)40)35-29(20)39(31(42)36-28)27-19(18-7-5-8-18)11-12-34-30(27)45(3,43)44/h4,6,9-12,15,17-18,40H,1,5,7-8,13-14,16H2,2-3H3/t17-/m0/s1. The van der Waals surface area contributed by atoms with Crippen LogP contribution in [0, 0.1) is 5.82 Å². The quantitative estimate of drug-likeness (QED) is 0.303. The van der Waals surface area contributed by atoms with Crippen LogP contribution in [-0.4, -0.2) is 75.8 Å². The van der Waals surface area contributed by atoms with Crippen LogP contribution in [0.4, 0.5) is 10.2 Å². The normalized spacial score (nSPS) is 17.4. The molecule has 2 fully saturated rings. The van der Waals surface area contributed by atoms with E-state index in [-0.39, 0.29) is 74.0 Å². The summed E-state index contributed by atoms with van der Waals surface area (Å²) in [7, 11) is -3.96. The Hall–Kier alpha value is -4.36. The number of halogens is 2. The van der Waals surface area contributed by atoms with E-state index in [4.69, 9.17) is 11.6 Å². The molecule has 0 bridgehead atoms. The smallest absolute Gasteiger partial charge is 0.355 e. The number of fused-ring (bicyclic) bond motifs is 1. The van der Waals surface area contributed by atoms with E-state index in [1.54, 1.807) is 15.9 Å². The second-order valence-corrected chi connectivity index (χ2v) is 13.7. The average Bonchev–Trinajstić information content (AvgIpc) is 2.96. The van der Waals surface area contributed by atoms with Crippen LogP contribution in [0.1, 0.15) is 37.7 Å². The highest BCUT2D eigenvalue weighted by Crippen LogP contribution is 2.42. The van der Waals surface area contributed by atoms with Crippen molar-refractivity contribution < 1.29 is 22.7 Å². The van der Waals surface area contributed by atoms with Gasteiger partial charge >= 0.3 is 5.69 Å². The lowest BCUT2D eigenvalue weighted by Gasteiger charge is -2.40. The third kappa shape index (κ3) is 5.33. The number of anilines is 1. The van der Waals surface area contributed by atoms with E-state index in [0.29, 0.717) is 18.7 Å². The SMILES string of the molecule is C=CC(=O)N1CCN(c2nc(=O)n(-c3c(C4CCC4)ccnc3S(C)(=O)=O)c3nc(-c4c(O)cccc4Cl)c(F)cc23)[C@@H](C)C1. The van der Waals surface area contributed by atoms with E-state index < -0.39 is 21.3 Å². The van der Waals surface area contributed by atoms with Gasteiger partial charge in [0, 0.05) is 38.1 Å². The molecule has 1 amide bonds. The van der Waals surface area contributed by atoms with Gasteiger partial charge in [-0.1, -0.05) is 30.7 Å². The Labute approximate surface area is 263 Å². The predicted molar refractivity (Wildman–Crippen MR) is 168 cm³/mol. The first-order valence-corrected chi connectivity index (χ1v) is 16.7. The second-order valence-electron chi connectivity index (χ2n) is 11.4. The van der Waals surface area contributed by atoms with E-state index in [1.807, 2.05) is 6.92 Å². The first kappa shape index (κ1) is 30.7. The summed E-state index contributed by atoms with van der Waals surface area (Å²) in [5.41, 5.74) is -0.749. The highest BCUT2D eigenvalue weighted by Gasteiger charge is 2.33. The Kier molecular flexibility index (Phi) is 7.86. The van der Waals surface area contributed by atoms with Gasteiger partial charge < -0.3 is 14.9 Å². The van der Waals surface area contributed by atoms with Gasteiger partial charge in [-0.2, -0.15) is 4.98 Å². The molecule has 0 spiro atoms. The molecule has 3 aromatic heterocycles. The number of hydrogen-bond donors (Lipinski definition) is 1. The Bertz CT molecular complexity index is 2030. The molecule has 0 unspecified atom stereocenters. The summed E-state index contributed by atoms with van der Waals surface area (Å²) in [4.78, 5) is 43.0. The number of piperazine rings is 1. The lowest BCUT2D eigenvalue weighted by atomic mass is 9.79. The summed E-state index contributed by atoms with van der Waals surface area (Å²) in [6, 6.07) is 6.81. The van der Waals surface area contributed by atoms with Crippen molar-refractivity contribution in [1.29, 1.82) is 0 Å². The number of phenols is 1. The molecule has 0 radical (unpaired) electrons. The van der Waals surface area contributed by atoms with Crippen molar-refractivity contribution in [2.45, 2.75) is 43.2 Å². The van der Waals surface area contributed by atoms with Gasteiger partial charge in [0.1, 0.15) is 17.3 Å². The number of carbonyl (C=O) groups is 1. The van der Waals surface area contributed by atoms with Crippen molar-refractivity contribution in [2.24, 2.45) is 0 Å². The average molecular weight is 653 g/mol. The van der Waals surface area contributed by atoms with Crippen LogP contribution in [0.2, 0.25) is 5.02 Å². The van der Waals surface area contributed by atoms with Gasteiger partial charge in [0.25, 0.3) is 0 Å². The number of aromatic hydroxyl groups is 1. The van der Waals surface area contributed by atoms with Gasteiger partial charge in [-0.25, -0.2) is 32.1 Å². The molecule has 1 aromatic carbocycles. The Morgan fingerprint density at radius 1 is 1.20 bits per heavy atom. The monoisotopic (exact) mass is 652 g/mol. The zero-order chi connectivity index (χ0) is 32.2. The van der Waals surface area contributed by atoms with Crippen LogP contribution in [0.5, 0.6) is 5.75 Å². The van der Waals surface area contributed by atoms with E-state index in [1.165, 1.54) is 30.5 Å². The van der Waals surface area contributed by atoms with E-state index in [0.717, 1.165) is 36.2 Å². The van der Waals surface area contributed by atoms with Crippen LogP contribution in [0.3, 0.4) is 0 Å². The summed E-state index contributed by atoms with van der Waals surface area (Å²) < 4.78 is 43.3. The molecule has 1 saturated heterocycles. The first-order valence-electron chi connectivity index (χ1n) is 14.4. The fourth-order valence-corrected chi connectivity index (χ4v) is 7.12. The van der Waals surface area contributed by atoms with Crippen LogP contribution in [0.25, 0.3) is 28.0 Å². The fraction of sp³-hybridized carbons (Fsp3) is 0.323. The number of aromatic nitrogens is 4. The molecule has 234 valence electrons. The number of rotatable bonds is 6. The van der Waals surface area contributed by atoms with Crippen molar-refractivity contribution in [2.75, 3.05) is 30.8 Å². The van der Waals surface area contributed by atoms with Crippen molar-refractivity contribution in [3.63, 3.8) is 0 Å². The minimum absolute atomic E-state index is 0.0154. The minimum Gasteiger partial charge on any atom is -0.507 e. The Morgan fingerprint density at radius 2 is 1.96 bits per heavy atom. The number of benzene rings is 1. The van der Waals surface area contributed by atoms with Crippen molar-refractivity contribution in [3.8, 4) is 22.7 Å². The predicted octanol–water partition coefficient (Wildman–Crippen LogP) is 4.23. The van der Waals surface area contributed by atoms with Crippen molar-refractivity contribution >= 4 is 44.2 Å². The summed E-state index contributed by atoms with van der Waals surface area (Å²) in [5.74, 6) is -1.32. The van der Waals surface area contributed by atoms with Crippen molar-refractivity contribution in [1.82, 2.24) is 24.4 Å². The molecule has 1 atom stereocenters. The summed E-state index contributed by atoms with van der Waals surface area (Å²) >= 11 is 6.39. The largest absolute Gasteiger partial charge is 0.507 e. The van der Waals surface area contributed by atoms with E-state index in [2.05, 4.69) is 21.5 Å². The van der Waals surface area contributed by atoms with Gasteiger partial charge in [-0.15, -0.1) is 0 Å². The van der Waals surface area contributed by atoms with E-state index in [9.17, 15) is 23.1 Å². The van der Waals surface area contributed by atoms with Gasteiger partial charge in [-0.05, 0) is 61.6 Å². The summed E-state index contributed by atoms with van der Waals surface area (Å²) in [6.45, 7) is 6.27. The minimum atomic E-state index is -3.96. The van der Waals surface area contributed by atoms with Crippen LogP contribution in [-0.2, 0) is 14.6 Å². The van der Waals surface area contributed by atoms with Gasteiger partial charge in [0.05, 0.1) is 21.7 Å². The van der Waals surface area contributed by atoms with E-state index >= 15 is 4.39 Å². The number of amides is 1. The number of nitrogens with zero attached hydrogens (tertiary/aromatic N) is 6. The van der Waals surface area contributed by atoms with Gasteiger partial charge in [0.15, 0.2) is 26.3 Å². The molecule has 1 aliphatic carbocycles. The number of pyridine rings is 2. The topological polar surface area (TPSA) is 139 Å². The highest BCUT2D eigenvalue weighted by atomic mass is 35.5. The fourth-order valence-electron chi connectivity index (χ4n) is 6.04. The molecule has 1 saturated carbocycles. The maximum absolute atomic E-state index is 16.1. The molecular weight excluding hydrogens is 623 g/mol. The first-order chi connectivity index (χ1) is 21.4. The third-order valence-electron chi connectivity index (χ3n) is 8.46. The molecule has 2 aliphatic rings. The lowest BCUT2D eigenvalue weighted by Crippen LogP contribution is -2.54. The zero-order valence-corrected chi connectivity index (χ0v) is 26.1. The molecule has 4 aromatic rings. The molecular formula is C31H30ClFN6O5S. The number of hydrogen-bond acceptors (Lipinski definition) is 9. The molecule has 6 rings (SSSR count). The third-order valence-corrected chi connectivity index (χ3v) is 9.77. The van der Waals surface area contributed by atoms with Crippen molar-refractivity contribution in [3.05, 3.63) is 76.1 Å². The van der Waals surface area contributed by atoms with Crippen LogP contribution >= 0.6 is 11.6 Å². The molecule has 14 heteroatoms. The lowest BCUT2D eigenvalue weighted by molar-refractivity contribution is -0.126. The maximum atomic E-state index is 16.1. The number of sulfone groups is 1. The number of carbonyl (C=O) groups excluding carboxylic acids is 1. The van der Waals surface area contributed by atoms with Crippen LogP contribution in [0.15, 0.2) is 59.0 Å². The molecule has 45 heavy (non-hydrogen) atoms. The summed E-state index contributed by atoms with van der Waals surface area (Å²) in [6.07, 6.45) is 6.13. The maximum Gasteiger partial charge on any atom is 0.355 e. The summed E-state index contributed by atoms with van der Waals surface area (Å²) in [5, 5.41) is 10.5. The van der Waals surface area contributed by atoms with Crippen LogP contribution < -0.4 is 10.6 Å². The molecule has 11 nitrogen and oxygen atoms in total. The molecule has 1 N–H and O–H groups in total. The Morgan fingerprint density at radius 3 is 2.58 bits per heavy atom. The van der Waals surface area contributed by atoms with Gasteiger partial charge in [0.2, 0.25) is 5.91 Å². The Balaban J connectivity index is 1.69. The van der Waals surface area contributed by atoms with Gasteiger partial charge in [-0.3, -0.25) is 4.79 Å². The molecule has 4 heterocycles. The highest BCUT2D eigenvalue weighted by molar-refractivity contribution is 7.90. The molecule has 1 aliphatic heterocycles.